The van der Waals surface area contributed by atoms with Gasteiger partial charge in [-0.25, -0.2) is 4.39 Å². The largest absolute Gasteiger partial charge is 0.396 e. The third-order valence-corrected chi connectivity index (χ3v) is 3.35. The van der Waals surface area contributed by atoms with E-state index in [2.05, 4.69) is 0 Å². The monoisotopic (exact) mass is 234 g/mol. The van der Waals surface area contributed by atoms with E-state index in [1.165, 1.54) is 0 Å². The van der Waals surface area contributed by atoms with Crippen LogP contribution >= 0.6 is 23.2 Å². The van der Waals surface area contributed by atoms with E-state index in [1.807, 2.05) is 0 Å². The van der Waals surface area contributed by atoms with Crippen LogP contribution in [0.3, 0.4) is 0 Å². The van der Waals surface area contributed by atoms with Crippen molar-refractivity contribution in [3.63, 3.8) is 0 Å². The SMILES string of the molecule is OCC1C(F)C1c1ccc(Cl)c(Cl)c1. The molecule has 0 aromatic heterocycles. The smallest absolute Gasteiger partial charge is 0.113 e. The third kappa shape index (κ3) is 1.62. The quantitative estimate of drug-likeness (QED) is 0.835. The van der Waals surface area contributed by atoms with E-state index in [0.29, 0.717) is 10.0 Å². The molecule has 0 heterocycles. The summed E-state index contributed by atoms with van der Waals surface area (Å²) < 4.78 is 13.1. The maximum atomic E-state index is 13.1. The molecule has 1 aliphatic carbocycles. The topological polar surface area (TPSA) is 20.2 Å². The molecule has 14 heavy (non-hydrogen) atoms. The van der Waals surface area contributed by atoms with Gasteiger partial charge in [-0.05, 0) is 17.7 Å². The van der Waals surface area contributed by atoms with Gasteiger partial charge < -0.3 is 5.11 Å². The highest BCUT2D eigenvalue weighted by molar-refractivity contribution is 6.42. The van der Waals surface area contributed by atoms with Gasteiger partial charge in [0.25, 0.3) is 0 Å². The molecule has 0 spiro atoms. The molecule has 3 unspecified atom stereocenters. The maximum absolute atomic E-state index is 13.1. The minimum atomic E-state index is -0.947. The highest BCUT2D eigenvalue weighted by Gasteiger charge is 2.51. The molecular weight excluding hydrogens is 226 g/mol. The first-order valence-electron chi connectivity index (χ1n) is 4.35. The van der Waals surface area contributed by atoms with Crippen molar-refractivity contribution < 1.29 is 9.50 Å². The van der Waals surface area contributed by atoms with E-state index in [4.69, 9.17) is 28.3 Å². The Bertz CT molecular complexity index is 356. The van der Waals surface area contributed by atoms with Crippen LogP contribution in [0.1, 0.15) is 11.5 Å². The molecule has 0 bridgehead atoms. The van der Waals surface area contributed by atoms with Gasteiger partial charge in [-0.2, -0.15) is 0 Å². The van der Waals surface area contributed by atoms with Gasteiger partial charge in [-0.15, -0.1) is 0 Å². The van der Waals surface area contributed by atoms with Crippen LogP contribution in [-0.4, -0.2) is 17.9 Å². The summed E-state index contributed by atoms with van der Waals surface area (Å²) in [6.07, 6.45) is -0.947. The van der Waals surface area contributed by atoms with Crippen molar-refractivity contribution in [2.75, 3.05) is 6.61 Å². The lowest BCUT2D eigenvalue weighted by Crippen LogP contribution is -1.88. The van der Waals surface area contributed by atoms with Crippen LogP contribution < -0.4 is 0 Å². The minimum Gasteiger partial charge on any atom is -0.396 e. The molecule has 1 aromatic carbocycles. The Balaban J connectivity index is 2.23. The van der Waals surface area contributed by atoms with Gasteiger partial charge in [-0.1, -0.05) is 29.3 Å². The Hall–Kier alpha value is -0.310. The summed E-state index contributed by atoms with van der Waals surface area (Å²) in [6, 6.07) is 5.07. The highest BCUT2D eigenvalue weighted by Crippen LogP contribution is 2.50. The molecule has 1 saturated carbocycles. The Kier molecular flexibility index (Phi) is 2.69. The van der Waals surface area contributed by atoms with E-state index >= 15 is 0 Å². The second-order valence-corrected chi connectivity index (χ2v) is 4.30. The van der Waals surface area contributed by atoms with Crippen molar-refractivity contribution in [1.29, 1.82) is 0 Å². The van der Waals surface area contributed by atoms with Crippen LogP contribution in [0.25, 0.3) is 0 Å². The van der Waals surface area contributed by atoms with Gasteiger partial charge in [0, 0.05) is 18.4 Å². The van der Waals surface area contributed by atoms with Crippen molar-refractivity contribution in [3.8, 4) is 0 Å². The molecule has 1 aliphatic rings. The number of hydrogen-bond donors (Lipinski definition) is 1. The number of benzene rings is 1. The van der Waals surface area contributed by atoms with Crippen molar-refractivity contribution >= 4 is 23.2 Å². The molecule has 3 atom stereocenters. The summed E-state index contributed by atoms with van der Waals surface area (Å²) in [4.78, 5) is 0. The van der Waals surface area contributed by atoms with Crippen molar-refractivity contribution in [1.82, 2.24) is 0 Å². The normalized spacial score (nSPS) is 30.4. The molecular formula is C10H9Cl2FO. The second-order valence-electron chi connectivity index (χ2n) is 3.49. The molecule has 1 N–H and O–H groups in total. The molecule has 1 aromatic rings. The average molecular weight is 235 g/mol. The lowest BCUT2D eigenvalue weighted by Gasteiger charge is -2.00. The van der Waals surface area contributed by atoms with Gasteiger partial charge in [0.2, 0.25) is 0 Å². The molecule has 2 rings (SSSR count). The molecule has 4 heteroatoms. The number of aliphatic hydroxyl groups is 1. The predicted molar refractivity (Wildman–Crippen MR) is 54.7 cm³/mol. The first-order chi connectivity index (χ1) is 6.65. The van der Waals surface area contributed by atoms with Crippen LogP contribution in [0.4, 0.5) is 4.39 Å². The maximum Gasteiger partial charge on any atom is 0.113 e. The average Bonchev–Trinajstić information content (AvgIpc) is 2.81. The number of hydrogen-bond acceptors (Lipinski definition) is 1. The number of alkyl halides is 1. The molecule has 0 saturated heterocycles. The number of aliphatic hydroxyl groups excluding tert-OH is 1. The summed E-state index contributed by atoms with van der Waals surface area (Å²) in [5.41, 5.74) is 0.811. The molecule has 0 amide bonds. The Morgan fingerprint density at radius 2 is 2.00 bits per heavy atom. The van der Waals surface area contributed by atoms with Crippen molar-refractivity contribution in [3.05, 3.63) is 33.8 Å². The van der Waals surface area contributed by atoms with E-state index in [-0.39, 0.29) is 18.4 Å². The lowest BCUT2D eigenvalue weighted by atomic mass is 10.1. The fourth-order valence-electron chi connectivity index (χ4n) is 1.70. The van der Waals surface area contributed by atoms with Crippen LogP contribution in [0, 0.1) is 5.92 Å². The first-order valence-corrected chi connectivity index (χ1v) is 5.10. The Labute approximate surface area is 91.5 Å². The summed E-state index contributed by atoms with van der Waals surface area (Å²) in [5.74, 6) is -0.484. The fraction of sp³-hybridized carbons (Fsp3) is 0.400. The Morgan fingerprint density at radius 1 is 1.29 bits per heavy atom. The zero-order valence-corrected chi connectivity index (χ0v) is 8.76. The number of rotatable bonds is 2. The summed E-state index contributed by atoms with van der Waals surface area (Å²) >= 11 is 11.5. The molecule has 0 radical (unpaired) electrons. The predicted octanol–water partition coefficient (Wildman–Crippen LogP) is 3.04. The van der Waals surface area contributed by atoms with Crippen molar-refractivity contribution in [2.45, 2.75) is 12.1 Å². The fourth-order valence-corrected chi connectivity index (χ4v) is 2.00. The van der Waals surface area contributed by atoms with E-state index < -0.39 is 6.17 Å². The molecule has 1 fully saturated rings. The standard InChI is InChI=1S/C10H9Cl2FO/c11-7-2-1-5(3-8(7)12)9-6(4-14)10(9)13/h1-3,6,9-10,14H,4H2. The third-order valence-electron chi connectivity index (χ3n) is 2.61. The van der Waals surface area contributed by atoms with Gasteiger partial charge in [-0.3, -0.25) is 0 Å². The molecule has 76 valence electrons. The summed E-state index contributed by atoms with van der Waals surface area (Å²) in [5, 5.41) is 9.73. The first kappa shape index (κ1) is 10.2. The van der Waals surface area contributed by atoms with Gasteiger partial charge in [0.15, 0.2) is 0 Å². The number of halogens is 3. The van der Waals surface area contributed by atoms with E-state index in [0.717, 1.165) is 5.56 Å². The zero-order chi connectivity index (χ0) is 10.3. The minimum absolute atomic E-state index is 0.119. The van der Waals surface area contributed by atoms with Crippen LogP contribution in [0.2, 0.25) is 10.0 Å². The van der Waals surface area contributed by atoms with Gasteiger partial charge in [0.1, 0.15) is 6.17 Å². The van der Waals surface area contributed by atoms with Crippen molar-refractivity contribution in [2.24, 2.45) is 5.92 Å². The summed E-state index contributed by atoms with van der Waals surface area (Å²) in [6.45, 7) is -0.119. The van der Waals surface area contributed by atoms with E-state index in [9.17, 15) is 4.39 Å². The van der Waals surface area contributed by atoms with E-state index in [1.54, 1.807) is 18.2 Å². The molecule has 1 nitrogen and oxygen atoms in total. The lowest BCUT2D eigenvalue weighted by molar-refractivity contribution is 0.257. The van der Waals surface area contributed by atoms with Gasteiger partial charge >= 0.3 is 0 Å². The Morgan fingerprint density at radius 3 is 2.50 bits per heavy atom. The van der Waals surface area contributed by atoms with Crippen LogP contribution in [-0.2, 0) is 0 Å². The molecule has 0 aliphatic heterocycles. The second kappa shape index (κ2) is 3.69. The van der Waals surface area contributed by atoms with Gasteiger partial charge in [0.05, 0.1) is 10.0 Å². The highest BCUT2D eigenvalue weighted by atomic mass is 35.5. The zero-order valence-electron chi connectivity index (χ0n) is 7.25. The summed E-state index contributed by atoms with van der Waals surface area (Å²) in [7, 11) is 0. The van der Waals surface area contributed by atoms with Crippen LogP contribution in [0.5, 0.6) is 0 Å². The van der Waals surface area contributed by atoms with Crippen LogP contribution in [0.15, 0.2) is 18.2 Å².